The van der Waals surface area contributed by atoms with E-state index in [1.54, 1.807) is 35.9 Å². The Kier molecular flexibility index (Phi) is 4.06. The second-order valence-corrected chi connectivity index (χ2v) is 5.36. The van der Waals surface area contributed by atoms with Crippen molar-refractivity contribution in [3.63, 3.8) is 0 Å². The Morgan fingerprint density at radius 3 is 2.92 bits per heavy atom. The lowest BCUT2D eigenvalue weighted by atomic mass is 10.1. The third-order valence-electron chi connectivity index (χ3n) is 3.32. The Morgan fingerprint density at radius 2 is 2.21 bits per heavy atom. The highest BCUT2D eigenvalue weighted by Crippen LogP contribution is 2.32. The predicted molar refractivity (Wildman–Crippen MR) is 89.1 cm³/mol. The average Bonchev–Trinajstić information content (AvgIpc) is 2.82. The van der Waals surface area contributed by atoms with Crippen LogP contribution in [0.4, 0.5) is 5.82 Å². The van der Waals surface area contributed by atoms with Crippen molar-refractivity contribution in [2.75, 3.05) is 5.32 Å². The molecule has 0 radical (unpaired) electrons. The molecule has 0 bridgehead atoms. The number of benzene rings is 1. The van der Waals surface area contributed by atoms with Gasteiger partial charge in [-0.15, -0.1) is 0 Å². The molecular weight excluding hydrogens is 330 g/mol. The van der Waals surface area contributed by atoms with Gasteiger partial charge >= 0.3 is 0 Å². The molecule has 0 aliphatic heterocycles. The number of pyridine rings is 1. The molecule has 0 unspecified atom stereocenters. The maximum absolute atomic E-state index is 11.1. The lowest BCUT2D eigenvalue weighted by molar-refractivity contribution is -0.114. The van der Waals surface area contributed by atoms with Crippen LogP contribution in [0.15, 0.2) is 30.5 Å². The fourth-order valence-electron chi connectivity index (χ4n) is 2.30. The van der Waals surface area contributed by atoms with Crippen LogP contribution >= 0.6 is 11.6 Å². The van der Waals surface area contributed by atoms with Crippen molar-refractivity contribution in [1.29, 1.82) is 5.26 Å². The van der Waals surface area contributed by atoms with Crippen molar-refractivity contribution in [2.24, 2.45) is 7.05 Å². The normalized spacial score (nSPS) is 10.4. The highest BCUT2D eigenvalue weighted by molar-refractivity contribution is 6.29. The monoisotopic (exact) mass is 341 g/mol. The van der Waals surface area contributed by atoms with E-state index in [0.717, 1.165) is 0 Å². The second-order valence-electron chi connectivity index (χ2n) is 5.02. The molecule has 24 heavy (non-hydrogen) atoms. The summed E-state index contributed by atoms with van der Waals surface area (Å²) in [5, 5.41) is 12.4. The van der Waals surface area contributed by atoms with E-state index in [2.05, 4.69) is 21.4 Å². The molecule has 1 aromatic carbocycles. The van der Waals surface area contributed by atoms with Gasteiger partial charge in [0, 0.05) is 26.2 Å². The van der Waals surface area contributed by atoms with E-state index in [9.17, 15) is 10.1 Å². The van der Waals surface area contributed by atoms with Crippen molar-refractivity contribution in [1.82, 2.24) is 14.5 Å². The first-order valence-electron chi connectivity index (χ1n) is 6.96. The minimum Gasteiger partial charge on any atom is -0.456 e. The van der Waals surface area contributed by atoms with Crippen LogP contribution in [0.2, 0.25) is 5.28 Å². The van der Waals surface area contributed by atoms with Crippen LogP contribution in [0.25, 0.3) is 11.0 Å². The van der Waals surface area contributed by atoms with Crippen molar-refractivity contribution in [2.45, 2.75) is 6.92 Å². The number of nitrogens with zero attached hydrogens (tertiary/aromatic N) is 4. The van der Waals surface area contributed by atoms with Gasteiger partial charge in [0.2, 0.25) is 11.2 Å². The molecule has 8 heteroatoms. The molecule has 2 heterocycles. The van der Waals surface area contributed by atoms with Gasteiger partial charge in [-0.2, -0.15) is 5.26 Å². The van der Waals surface area contributed by atoms with Crippen LogP contribution in [0.1, 0.15) is 12.5 Å². The zero-order valence-corrected chi connectivity index (χ0v) is 13.6. The molecule has 3 rings (SSSR count). The van der Waals surface area contributed by atoms with Gasteiger partial charge in [0.05, 0.1) is 11.0 Å². The fourth-order valence-corrected chi connectivity index (χ4v) is 2.48. The second kappa shape index (κ2) is 6.18. The van der Waals surface area contributed by atoms with Crippen molar-refractivity contribution >= 4 is 34.4 Å². The summed E-state index contributed by atoms with van der Waals surface area (Å²) in [5.41, 5.74) is 1.53. The summed E-state index contributed by atoms with van der Waals surface area (Å²) < 4.78 is 7.42. The van der Waals surface area contributed by atoms with Gasteiger partial charge in [-0.25, -0.2) is 9.97 Å². The number of carbonyl (C=O) groups is 1. The molecule has 0 fully saturated rings. The van der Waals surface area contributed by atoms with Gasteiger partial charge in [0.15, 0.2) is 0 Å². The molecule has 3 aromatic rings. The third kappa shape index (κ3) is 2.87. The number of aryl methyl sites for hydroxylation is 1. The summed E-state index contributed by atoms with van der Waals surface area (Å²) in [6.45, 7) is 1.39. The number of ether oxygens (including phenoxy) is 1. The van der Waals surface area contributed by atoms with Crippen molar-refractivity contribution < 1.29 is 9.53 Å². The highest BCUT2D eigenvalue weighted by Gasteiger charge is 2.16. The molecule has 0 atom stereocenters. The lowest BCUT2D eigenvalue weighted by Crippen LogP contribution is -2.07. The summed E-state index contributed by atoms with van der Waals surface area (Å²) in [6, 6.07) is 8.72. The molecule has 7 nitrogen and oxygen atoms in total. The minimum atomic E-state index is -0.233. The first-order valence-corrected chi connectivity index (χ1v) is 7.34. The molecule has 0 aliphatic rings. The Balaban J connectivity index is 2.03. The van der Waals surface area contributed by atoms with E-state index in [0.29, 0.717) is 33.9 Å². The van der Waals surface area contributed by atoms with Crippen LogP contribution < -0.4 is 10.1 Å². The molecule has 0 aliphatic carbocycles. The maximum atomic E-state index is 11.1. The number of imidazole rings is 1. The van der Waals surface area contributed by atoms with Gasteiger partial charge < -0.3 is 14.6 Å². The number of nitriles is 1. The van der Waals surface area contributed by atoms with Gasteiger partial charge in [-0.1, -0.05) is 0 Å². The van der Waals surface area contributed by atoms with E-state index < -0.39 is 0 Å². The number of anilines is 1. The van der Waals surface area contributed by atoms with Crippen molar-refractivity contribution in [3.8, 4) is 17.6 Å². The number of amides is 1. The standard InChI is InChI=1S/C16H12ClN5O2/c1-9(23)20-14-7-10(5-6-19-14)24-13-4-3-12-15(11(13)8-18)22(2)16(17)21-12/h3-7H,1-2H3,(H,19,20,23). The fraction of sp³-hybridized carbons (Fsp3) is 0.125. The van der Waals surface area contributed by atoms with E-state index >= 15 is 0 Å². The van der Waals surface area contributed by atoms with E-state index in [4.69, 9.17) is 16.3 Å². The topological polar surface area (TPSA) is 92.8 Å². The zero-order valence-electron chi connectivity index (χ0n) is 12.9. The number of hydrogen-bond acceptors (Lipinski definition) is 5. The number of halogens is 1. The molecule has 1 N–H and O–H groups in total. The Morgan fingerprint density at radius 1 is 1.42 bits per heavy atom. The summed E-state index contributed by atoms with van der Waals surface area (Å²) >= 11 is 6.02. The molecular formula is C16H12ClN5O2. The minimum absolute atomic E-state index is 0.233. The van der Waals surface area contributed by atoms with Crippen LogP contribution in [0.5, 0.6) is 11.5 Å². The zero-order chi connectivity index (χ0) is 17.3. The van der Waals surface area contributed by atoms with E-state index in [1.807, 2.05) is 0 Å². The van der Waals surface area contributed by atoms with Gasteiger partial charge in [-0.05, 0) is 29.8 Å². The van der Waals surface area contributed by atoms with Gasteiger partial charge in [0.1, 0.15) is 28.9 Å². The van der Waals surface area contributed by atoms with Crippen LogP contribution in [-0.4, -0.2) is 20.4 Å². The maximum Gasteiger partial charge on any atom is 0.222 e. The number of rotatable bonds is 3. The smallest absolute Gasteiger partial charge is 0.222 e. The van der Waals surface area contributed by atoms with E-state index in [-0.39, 0.29) is 11.2 Å². The number of aromatic nitrogens is 3. The SMILES string of the molecule is CC(=O)Nc1cc(Oc2ccc3nc(Cl)n(C)c3c2C#N)ccn1. The molecule has 2 aromatic heterocycles. The molecule has 0 saturated carbocycles. The number of fused-ring (bicyclic) bond motifs is 1. The Labute approximate surface area is 142 Å². The quantitative estimate of drug-likeness (QED) is 0.789. The van der Waals surface area contributed by atoms with Gasteiger partial charge in [0.25, 0.3) is 0 Å². The highest BCUT2D eigenvalue weighted by atomic mass is 35.5. The summed E-state index contributed by atoms with van der Waals surface area (Å²) in [5.74, 6) is 0.939. The summed E-state index contributed by atoms with van der Waals surface area (Å²) in [6.07, 6.45) is 1.51. The average molecular weight is 342 g/mol. The summed E-state index contributed by atoms with van der Waals surface area (Å²) in [4.78, 5) is 19.3. The lowest BCUT2D eigenvalue weighted by Gasteiger charge is -2.10. The third-order valence-corrected chi connectivity index (χ3v) is 3.66. The Bertz CT molecular complexity index is 990. The largest absolute Gasteiger partial charge is 0.456 e. The number of nitrogens with one attached hydrogen (secondary N) is 1. The predicted octanol–water partition coefficient (Wildman–Crippen LogP) is 3.24. The molecule has 1 amide bonds. The Hall–Kier alpha value is -3.11. The molecule has 0 saturated heterocycles. The van der Waals surface area contributed by atoms with Gasteiger partial charge in [-0.3, -0.25) is 4.79 Å². The summed E-state index contributed by atoms with van der Waals surface area (Å²) in [7, 11) is 1.73. The number of hydrogen-bond donors (Lipinski definition) is 1. The van der Waals surface area contributed by atoms with Crippen LogP contribution in [0.3, 0.4) is 0 Å². The molecule has 120 valence electrons. The van der Waals surface area contributed by atoms with Crippen molar-refractivity contribution in [3.05, 3.63) is 41.3 Å². The van der Waals surface area contributed by atoms with Crippen LogP contribution in [0, 0.1) is 11.3 Å². The van der Waals surface area contributed by atoms with E-state index in [1.165, 1.54) is 13.1 Å². The molecule has 0 spiro atoms. The number of carbonyl (C=O) groups excluding carboxylic acids is 1. The first-order chi connectivity index (χ1) is 11.5. The first kappa shape index (κ1) is 15.8. The van der Waals surface area contributed by atoms with Crippen LogP contribution in [-0.2, 0) is 11.8 Å².